The average Bonchev–Trinajstić information content (AvgIpc) is 2.31. The molecule has 20 heavy (non-hydrogen) atoms. The highest BCUT2D eigenvalue weighted by molar-refractivity contribution is 7.92. The Morgan fingerprint density at radius 3 is 2.30 bits per heavy atom. The summed E-state index contributed by atoms with van der Waals surface area (Å²) >= 11 is 0. The number of likely N-dealkylation sites (N-methyl/N-ethyl adjacent to an activating group) is 1. The van der Waals surface area contributed by atoms with Gasteiger partial charge in [0.15, 0.2) is 21.5 Å². The van der Waals surface area contributed by atoms with Gasteiger partial charge in [0, 0.05) is 12.3 Å². The van der Waals surface area contributed by atoms with E-state index in [4.69, 9.17) is 0 Å². The minimum absolute atomic E-state index is 0.311. The summed E-state index contributed by atoms with van der Waals surface area (Å²) in [5.41, 5.74) is 0.562. The van der Waals surface area contributed by atoms with Crippen molar-refractivity contribution in [3.8, 4) is 0 Å². The van der Waals surface area contributed by atoms with Gasteiger partial charge in [-0.25, -0.2) is 17.2 Å². The number of hydrogen-bond acceptors (Lipinski definition) is 3. The van der Waals surface area contributed by atoms with Crippen LogP contribution in [0.25, 0.3) is 0 Å². The molecular formula is C14H21F2NO2S. The second-order valence-corrected chi connectivity index (χ2v) is 8.03. The summed E-state index contributed by atoms with van der Waals surface area (Å²) in [7, 11) is -3.29. The molecule has 0 bridgehead atoms. The smallest absolute Gasteiger partial charge is 0.159 e. The molecule has 0 saturated heterocycles. The van der Waals surface area contributed by atoms with E-state index in [0.717, 1.165) is 12.1 Å². The van der Waals surface area contributed by atoms with E-state index in [1.807, 2.05) is 6.92 Å². The highest BCUT2D eigenvalue weighted by Gasteiger charge is 2.38. The van der Waals surface area contributed by atoms with Crippen molar-refractivity contribution in [3.05, 3.63) is 35.4 Å². The SMILES string of the molecule is CCNC(Cc1ccc(F)c(F)c1)C(C)(C)S(C)(=O)=O. The van der Waals surface area contributed by atoms with E-state index in [2.05, 4.69) is 5.32 Å². The molecule has 1 unspecified atom stereocenters. The Morgan fingerprint density at radius 1 is 1.25 bits per heavy atom. The summed E-state index contributed by atoms with van der Waals surface area (Å²) in [5, 5.41) is 3.12. The largest absolute Gasteiger partial charge is 0.312 e. The third-order valence-corrected chi connectivity index (χ3v) is 5.87. The van der Waals surface area contributed by atoms with Crippen molar-refractivity contribution < 1.29 is 17.2 Å². The lowest BCUT2D eigenvalue weighted by Crippen LogP contribution is -2.52. The van der Waals surface area contributed by atoms with Crippen LogP contribution in [-0.2, 0) is 16.3 Å². The van der Waals surface area contributed by atoms with E-state index >= 15 is 0 Å². The zero-order chi connectivity index (χ0) is 15.6. The van der Waals surface area contributed by atoms with E-state index in [1.54, 1.807) is 13.8 Å². The van der Waals surface area contributed by atoms with Gasteiger partial charge < -0.3 is 5.32 Å². The predicted octanol–water partition coefficient (Wildman–Crippen LogP) is 2.31. The van der Waals surface area contributed by atoms with E-state index in [1.165, 1.54) is 12.3 Å². The highest BCUT2D eigenvalue weighted by atomic mass is 32.2. The van der Waals surface area contributed by atoms with Crippen molar-refractivity contribution in [1.82, 2.24) is 5.32 Å². The third-order valence-electron chi connectivity index (χ3n) is 3.67. The van der Waals surface area contributed by atoms with Crippen LogP contribution in [0.3, 0.4) is 0 Å². The maximum Gasteiger partial charge on any atom is 0.159 e. The fourth-order valence-electron chi connectivity index (χ4n) is 1.97. The molecule has 0 saturated carbocycles. The lowest BCUT2D eigenvalue weighted by atomic mass is 9.95. The first-order valence-electron chi connectivity index (χ1n) is 6.46. The summed E-state index contributed by atoms with van der Waals surface area (Å²) in [6.45, 7) is 5.73. The first-order valence-corrected chi connectivity index (χ1v) is 8.35. The minimum Gasteiger partial charge on any atom is -0.312 e. The van der Waals surface area contributed by atoms with Gasteiger partial charge in [-0.1, -0.05) is 13.0 Å². The molecule has 0 fully saturated rings. The molecule has 114 valence electrons. The van der Waals surface area contributed by atoms with Crippen LogP contribution in [-0.4, -0.2) is 32.0 Å². The van der Waals surface area contributed by atoms with E-state index < -0.39 is 26.2 Å². The Kier molecular flexibility index (Phi) is 5.27. The van der Waals surface area contributed by atoms with Gasteiger partial charge in [0.1, 0.15) is 0 Å². The highest BCUT2D eigenvalue weighted by Crippen LogP contribution is 2.23. The van der Waals surface area contributed by atoms with E-state index in [0.29, 0.717) is 18.5 Å². The maximum absolute atomic E-state index is 13.2. The lowest BCUT2D eigenvalue weighted by Gasteiger charge is -2.33. The van der Waals surface area contributed by atoms with Gasteiger partial charge in [0.2, 0.25) is 0 Å². The maximum atomic E-state index is 13.2. The molecule has 0 aliphatic rings. The van der Waals surface area contributed by atoms with Crippen molar-refractivity contribution in [3.63, 3.8) is 0 Å². The molecule has 0 spiro atoms. The average molecular weight is 305 g/mol. The molecule has 1 aromatic rings. The minimum atomic E-state index is -3.29. The number of hydrogen-bond donors (Lipinski definition) is 1. The standard InChI is InChI=1S/C14H21F2NO2S/c1-5-17-13(14(2,3)20(4,18)19)9-10-6-7-11(15)12(16)8-10/h6-8,13,17H,5,9H2,1-4H3. The molecule has 1 atom stereocenters. The number of rotatable bonds is 6. The van der Waals surface area contributed by atoms with Gasteiger partial charge in [0.25, 0.3) is 0 Å². The van der Waals surface area contributed by atoms with Crippen molar-refractivity contribution in [2.24, 2.45) is 0 Å². The Morgan fingerprint density at radius 2 is 1.85 bits per heavy atom. The molecule has 6 heteroatoms. The van der Waals surface area contributed by atoms with Gasteiger partial charge in [-0.2, -0.15) is 0 Å². The first kappa shape index (κ1) is 17.0. The molecule has 1 aromatic carbocycles. The van der Waals surface area contributed by atoms with Crippen LogP contribution in [0, 0.1) is 11.6 Å². The Hall–Kier alpha value is -1.01. The van der Waals surface area contributed by atoms with Crippen molar-refractivity contribution >= 4 is 9.84 Å². The molecule has 0 aliphatic carbocycles. The molecular weight excluding hydrogens is 284 g/mol. The number of benzene rings is 1. The molecule has 0 radical (unpaired) electrons. The normalized spacial score (nSPS) is 14.3. The van der Waals surface area contributed by atoms with Crippen LogP contribution in [0.1, 0.15) is 26.3 Å². The second-order valence-electron chi connectivity index (χ2n) is 5.44. The van der Waals surface area contributed by atoms with Gasteiger partial charge in [-0.05, 0) is 44.5 Å². The molecule has 0 amide bonds. The summed E-state index contributed by atoms with van der Waals surface area (Å²) in [5.74, 6) is -1.83. The van der Waals surface area contributed by atoms with Crippen LogP contribution in [0.2, 0.25) is 0 Å². The monoisotopic (exact) mass is 305 g/mol. The number of halogens is 2. The van der Waals surface area contributed by atoms with Crippen LogP contribution in [0.15, 0.2) is 18.2 Å². The predicted molar refractivity (Wildman–Crippen MR) is 76.4 cm³/mol. The lowest BCUT2D eigenvalue weighted by molar-refractivity contribution is 0.412. The molecule has 3 nitrogen and oxygen atoms in total. The summed E-state index contributed by atoms with van der Waals surface area (Å²) < 4.78 is 49.0. The van der Waals surface area contributed by atoms with Crippen LogP contribution in [0.5, 0.6) is 0 Å². The van der Waals surface area contributed by atoms with Gasteiger partial charge >= 0.3 is 0 Å². The van der Waals surface area contributed by atoms with Crippen LogP contribution < -0.4 is 5.32 Å². The van der Waals surface area contributed by atoms with E-state index in [9.17, 15) is 17.2 Å². The quantitative estimate of drug-likeness (QED) is 0.877. The topological polar surface area (TPSA) is 46.2 Å². The van der Waals surface area contributed by atoms with Crippen LogP contribution >= 0.6 is 0 Å². The zero-order valence-electron chi connectivity index (χ0n) is 12.2. The Labute approximate surface area is 119 Å². The zero-order valence-corrected chi connectivity index (χ0v) is 13.0. The molecule has 0 aromatic heterocycles. The number of nitrogens with one attached hydrogen (secondary N) is 1. The molecule has 0 heterocycles. The molecule has 0 aliphatic heterocycles. The fraction of sp³-hybridized carbons (Fsp3) is 0.571. The summed E-state index contributed by atoms with van der Waals surface area (Å²) in [4.78, 5) is 0. The second kappa shape index (κ2) is 6.18. The Bertz CT molecular complexity index is 571. The van der Waals surface area contributed by atoms with Crippen LogP contribution in [0.4, 0.5) is 8.78 Å². The number of sulfone groups is 1. The van der Waals surface area contributed by atoms with Crippen molar-refractivity contribution in [1.29, 1.82) is 0 Å². The van der Waals surface area contributed by atoms with Gasteiger partial charge in [-0.3, -0.25) is 0 Å². The Balaban J connectivity index is 3.06. The molecule has 1 rings (SSSR count). The van der Waals surface area contributed by atoms with Gasteiger partial charge in [0.05, 0.1) is 4.75 Å². The summed E-state index contributed by atoms with van der Waals surface area (Å²) in [6.07, 6.45) is 1.49. The van der Waals surface area contributed by atoms with Crippen molar-refractivity contribution in [2.45, 2.75) is 38.0 Å². The van der Waals surface area contributed by atoms with Gasteiger partial charge in [-0.15, -0.1) is 0 Å². The van der Waals surface area contributed by atoms with Crippen molar-refractivity contribution in [2.75, 3.05) is 12.8 Å². The molecule has 1 N–H and O–H groups in total. The third kappa shape index (κ3) is 3.76. The first-order chi connectivity index (χ1) is 9.09. The fourth-order valence-corrected chi connectivity index (χ4v) is 2.65. The summed E-state index contributed by atoms with van der Waals surface area (Å²) in [6, 6.07) is 3.26. The van der Waals surface area contributed by atoms with E-state index in [-0.39, 0.29) is 6.04 Å².